The van der Waals surface area contributed by atoms with Gasteiger partial charge in [0.25, 0.3) is 0 Å². The molecule has 0 rings (SSSR count). The molecule has 1 amide bonds. The highest BCUT2D eigenvalue weighted by molar-refractivity contribution is 5.80. The van der Waals surface area contributed by atoms with Gasteiger partial charge in [-0.25, -0.2) is 9.59 Å². The van der Waals surface area contributed by atoms with Crippen LogP contribution in [0.2, 0.25) is 0 Å². The Morgan fingerprint density at radius 1 is 1.00 bits per heavy atom. The Bertz CT molecular complexity index is 357. The van der Waals surface area contributed by atoms with Crippen LogP contribution in [0.1, 0.15) is 71.6 Å². The van der Waals surface area contributed by atoms with Crippen molar-refractivity contribution in [2.75, 3.05) is 20.3 Å². The quantitative estimate of drug-likeness (QED) is 0.261. The van der Waals surface area contributed by atoms with Crippen LogP contribution in [0.15, 0.2) is 12.7 Å². The Balaban J connectivity index is 3.66. The number of carbonyl (C=O) groups excluding carboxylic acids is 2. The maximum absolute atomic E-state index is 11.9. The summed E-state index contributed by atoms with van der Waals surface area (Å²) in [7, 11) is 1.52. The van der Waals surface area contributed by atoms with Gasteiger partial charge >= 0.3 is 12.1 Å². The first-order valence-electron chi connectivity index (χ1n) is 9.21. The van der Waals surface area contributed by atoms with Gasteiger partial charge in [0.1, 0.15) is 12.6 Å². The van der Waals surface area contributed by atoms with Crippen molar-refractivity contribution in [1.29, 1.82) is 0 Å². The van der Waals surface area contributed by atoms with Gasteiger partial charge in [0, 0.05) is 7.05 Å². The number of rotatable bonds is 14. The van der Waals surface area contributed by atoms with Gasteiger partial charge in [-0.15, -0.1) is 0 Å². The van der Waals surface area contributed by atoms with Crippen LogP contribution in [0.5, 0.6) is 0 Å². The van der Waals surface area contributed by atoms with Crippen LogP contribution in [0.3, 0.4) is 0 Å². The molecule has 0 aromatic carbocycles. The molecule has 0 aromatic heterocycles. The Hall–Kier alpha value is -1.52. The van der Waals surface area contributed by atoms with Gasteiger partial charge in [-0.3, -0.25) is 4.90 Å². The molecule has 0 aliphatic rings. The summed E-state index contributed by atoms with van der Waals surface area (Å²) in [4.78, 5) is 24.8. The van der Waals surface area contributed by atoms with Crippen molar-refractivity contribution in [2.24, 2.45) is 0 Å². The summed E-state index contributed by atoms with van der Waals surface area (Å²) < 4.78 is 10.1. The number of likely N-dealkylation sites (N-methyl/N-ethyl adjacent to an activating group) is 1. The van der Waals surface area contributed by atoms with Crippen LogP contribution in [0, 0.1) is 0 Å². The highest BCUT2D eigenvalue weighted by Crippen LogP contribution is 2.10. The van der Waals surface area contributed by atoms with Crippen LogP contribution < -0.4 is 0 Å². The van der Waals surface area contributed by atoms with E-state index in [1.165, 1.54) is 63.0 Å². The van der Waals surface area contributed by atoms with Gasteiger partial charge in [0.15, 0.2) is 0 Å². The Kier molecular flexibility index (Phi) is 14.1. The van der Waals surface area contributed by atoms with Crippen molar-refractivity contribution >= 4 is 12.1 Å². The minimum atomic E-state index is -0.652. The first-order valence-corrected chi connectivity index (χ1v) is 9.21. The van der Waals surface area contributed by atoms with Crippen LogP contribution in [-0.4, -0.2) is 43.3 Å². The van der Waals surface area contributed by atoms with E-state index in [0.717, 1.165) is 12.8 Å². The molecule has 0 heterocycles. The molecule has 0 N–H and O–H groups in total. The second-order valence-electron chi connectivity index (χ2n) is 6.15. The lowest BCUT2D eigenvalue weighted by Crippen LogP contribution is -2.41. The summed E-state index contributed by atoms with van der Waals surface area (Å²) in [6, 6.07) is -0.652. The first-order chi connectivity index (χ1) is 11.5. The van der Waals surface area contributed by atoms with Gasteiger partial charge in [0.2, 0.25) is 0 Å². The fourth-order valence-electron chi connectivity index (χ4n) is 2.25. The summed E-state index contributed by atoms with van der Waals surface area (Å²) in [5.74, 6) is -0.396. The smallest absolute Gasteiger partial charge is 0.410 e. The maximum atomic E-state index is 11.9. The second-order valence-corrected chi connectivity index (χ2v) is 6.15. The monoisotopic (exact) mass is 341 g/mol. The molecule has 140 valence electrons. The van der Waals surface area contributed by atoms with Crippen LogP contribution in [0.4, 0.5) is 4.79 Å². The molecule has 0 aromatic rings. The highest BCUT2D eigenvalue weighted by Gasteiger charge is 2.24. The van der Waals surface area contributed by atoms with E-state index in [9.17, 15) is 9.59 Å². The molecule has 1 atom stereocenters. The van der Waals surface area contributed by atoms with E-state index < -0.39 is 18.1 Å². The van der Waals surface area contributed by atoms with Crippen molar-refractivity contribution in [1.82, 2.24) is 4.90 Å². The Morgan fingerprint density at radius 2 is 1.54 bits per heavy atom. The van der Waals surface area contributed by atoms with Crippen LogP contribution >= 0.6 is 0 Å². The van der Waals surface area contributed by atoms with E-state index in [0.29, 0.717) is 6.61 Å². The minimum Gasteiger partial charge on any atom is -0.464 e. The van der Waals surface area contributed by atoms with Crippen molar-refractivity contribution in [2.45, 2.75) is 77.7 Å². The summed E-state index contributed by atoms with van der Waals surface area (Å²) >= 11 is 0. The summed E-state index contributed by atoms with van der Waals surface area (Å²) in [5.41, 5.74) is 0. The topological polar surface area (TPSA) is 55.8 Å². The molecule has 0 fully saturated rings. The van der Waals surface area contributed by atoms with E-state index in [4.69, 9.17) is 9.47 Å². The lowest BCUT2D eigenvalue weighted by molar-refractivity contribution is -0.148. The Morgan fingerprint density at radius 3 is 2.08 bits per heavy atom. The van der Waals surface area contributed by atoms with Crippen molar-refractivity contribution in [3.8, 4) is 0 Å². The molecular weight excluding hydrogens is 306 g/mol. The fourth-order valence-corrected chi connectivity index (χ4v) is 2.25. The number of amides is 1. The van der Waals surface area contributed by atoms with Gasteiger partial charge in [-0.2, -0.15) is 0 Å². The average Bonchev–Trinajstić information content (AvgIpc) is 2.59. The fraction of sp³-hybridized carbons (Fsp3) is 0.789. The maximum Gasteiger partial charge on any atom is 0.410 e. The molecular formula is C19H35NO4. The minimum absolute atomic E-state index is 0.128. The lowest BCUT2D eigenvalue weighted by Gasteiger charge is -2.22. The zero-order valence-electron chi connectivity index (χ0n) is 15.7. The number of unbranched alkanes of at least 4 members (excludes halogenated alkanes) is 8. The number of carbonyl (C=O) groups is 2. The van der Waals surface area contributed by atoms with Crippen molar-refractivity contribution in [3.05, 3.63) is 12.7 Å². The molecule has 0 spiro atoms. The SMILES string of the molecule is C=CCOC(=O)N(C)C(C)C(=O)OCCCCCCCCCCC. The standard InChI is InChI=1S/C19H35NO4/c1-5-7-8-9-10-11-12-13-14-16-23-18(21)17(3)20(4)19(22)24-15-6-2/h6,17H,2,5,7-16H2,1,3-4H3. The molecule has 0 saturated carbocycles. The van der Waals surface area contributed by atoms with E-state index in [1.807, 2.05) is 0 Å². The number of esters is 1. The highest BCUT2D eigenvalue weighted by atomic mass is 16.6. The summed E-state index contributed by atoms with van der Waals surface area (Å²) in [6.45, 7) is 7.87. The van der Waals surface area contributed by atoms with E-state index >= 15 is 0 Å². The largest absolute Gasteiger partial charge is 0.464 e. The lowest BCUT2D eigenvalue weighted by atomic mass is 10.1. The second kappa shape index (κ2) is 15.0. The summed E-state index contributed by atoms with van der Waals surface area (Å²) in [6.07, 6.45) is 11.9. The number of nitrogens with zero attached hydrogens (tertiary/aromatic N) is 1. The van der Waals surface area contributed by atoms with Gasteiger partial charge in [-0.1, -0.05) is 70.9 Å². The first kappa shape index (κ1) is 22.5. The predicted molar refractivity (Wildman–Crippen MR) is 97.0 cm³/mol. The van der Waals surface area contributed by atoms with E-state index in [1.54, 1.807) is 6.92 Å². The van der Waals surface area contributed by atoms with Crippen LogP contribution in [-0.2, 0) is 14.3 Å². The van der Waals surface area contributed by atoms with E-state index in [2.05, 4.69) is 13.5 Å². The number of ether oxygens (including phenoxy) is 2. The molecule has 1 unspecified atom stereocenters. The zero-order valence-corrected chi connectivity index (χ0v) is 15.7. The van der Waals surface area contributed by atoms with Gasteiger partial charge < -0.3 is 9.47 Å². The molecule has 0 aliphatic carbocycles. The van der Waals surface area contributed by atoms with Gasteiger partial charge in [0.05, 0.1) is 6.61 Å². The molecule has 0 saturated heterocycles. The zero-order chi connectivity index (χ0) is 18.2. The molecule has 5 heteroatoms. The van der Waals surface area contributed by atoms with Crippen LogP contribution in [0.25, 0.3) is 0 Å². The number of hydrogen-bond acceptors (Lipinski definition) is 4. The number of hydrogen-bond donors (Lipinski definition) is 0. The van der Waals surface area contributed by atoms with Crippen molar-refractivity contribution < 1.29 is 19.1 Å². The molecule has 0 aliphatic heterocycles. The normalized spacial score (nSPS) is 11.6. The Labute approximate surface area is 147 Å². The molecule has 24 heavy (non-hydrogen) atoms. The van der Waals surface area contributed by atoms with Crippen molar-refractivity contribution in [3.63, 3.8) is 0 Å². The molecule has 5 nitrogen and oxygen atoms in total. The average molecular weight is 341 g/mol. The third kappa shape index (κ3) is 11.1. The predicted octanol–water partition coefficient (Wildman–Crippen LogP) is 4.70. The third-order valence-corrected chi connectivity index (χ3v) is 4.03. The molecule has 0 radical (unpaired) electrons. The third-order valence-electron chi connectivity index (χ3n) is 4.03. The van der Waals surface area contributed by atoms with Gasteiger partial charge in [-0.05, 0) is 13.3 Å². The molecule has 0 bridgehead atoms. The van der Waals surface area contributed by atoms with E-state index in [-0.39, 0.29) is 6.61 Å². The summed E-state index contributed by atoms with van der Waals surface area (Å²) in [5, 5.41) is 0.